The number of nitrogens with one attached hydrogen (secondary N) is 1. The van der Waals surface area contributed by atoms with Gasteiger partial charge in [-0.05, 0) is 50.6 Å². The van der Waals surface area contributed by atoms with Gasteiger partial charge in [-0.3, -0.25) is 0 Å². The molecule has 2 fully saturated rings. The van der Waals surface area contributed by atoms with Gasteiger partial charge in [0, 0.05) is 26.2 Å². The summed E-state index contributed by atoms with van der Waals surface area (Å²) in [6, 6.07) is 0. The van der Waals surface area contributed by atoms with E-state index in [2.05, 4.69) is 24.2 Å². The average Bonchev–Trinajstić information content (AvgIpc) is 2.79. The van der Waals surface area contributed by atoms with Gasteiger partial charge >= 0.3 is 0 Å². The normalized spacial score (nSPS) is 34.4. The first kappa shape index (κ1) is 13.3. The van der Waals surface area contributed by atoms with Crippen molar-refractivity contribution in [2.45, 2.75) is 32.6 Å². The maximum absolute atomic E-state index is 5.57. The van der Waals surface area contributed by atoms with Crippen LogP contribution in [0.3, 0.4) is 0 Å². The highest BCUT2D eigenvalue weighted by atomic mass is 16.5. The molecule has 2 rings (SSSR count). The van der Waals surface area contributed by atoms with E-state index in [4.69, 9.17) is 4.74 Å². The van der Waals surface area contributed by atoms with Gasteiger partial charge in [-0.1, -0.05) is 6.92 Å². The van der Waals surface area contributed by atoms with E-state index >= 15 is 0 Å². The molecule has 17 heavy (non-hydrogen) atoms. The van der Waals surface area contributed by atoms with Gasteiger partial charge in [0.15, 0.2) is 0 Å². The molecule has 0 bridgehead atoms. The lowest BCUT2D eigenvalue weighted by atomic mass is 9.83. The van der Waals surface area contributed by atoms with Gasteiger partial charge in [-0.2, -0.15) is 0 Å². The van der Waals surface area contributed by atoms with Crippen LogP contribution in [0.1, 0.15) is 32.6 Å². The Morgan fingerprint density at radius 1 is 1.47 bits per heavy atom. The third-order valence-corrected chi connectivity index (χ3v) is 4.51. The Morgan fingerprint density at radius 2 is 2.35 bits per heavy atom. The van der Waals surface area contributed by atoms with Gasteiger partial charge in [0.2, 0.25) is 0 Å². The van der Waals surface area contributed by atoms with Crippen molar-refractivity contribution >= 4 is 0 Å². The molecule has 2 aliphatic heterocycles. The summed E-state index contributed by atoms with van der Waals surface area (Å²) in [6.07, 6.45) is 5.24. The SMILES string of the molecule is CCC1(CN(C)CC2CCCOC2)CCNC1. The van der Waals surface area contributed by atoms with Crippen molar-refractivity contribution < 1.29 is 4.74 Å². The largest absolute Gasteiger partial charge is 0.381 e. The Balaban J connectivity index is 1.77. The highest BCUT2D eigenvalue weighted by Gasteiger charge is 2.33. The maximum atomic E-state index is 5.57. The van der Waals surface area contributed by atoms with Crippen LogP contribution in [0.5, 0.6) is 0 Å². The zero-order chi connectivity index (χ0) is 12.1. The fraction of sp³-hybridized carbons (Fsp3) is 1.00. The number of nitrogens with zero attached hydrogens (tertiary/aromatic N) is 1. The lowest BCUT2D eigenvalue weighted by Crippen LogP contribution is -2.40. The molecule has 0 aliphatic carbocycles. The molecule has 3 nitrogen and oxygen atoms in total. The van der Waals surface area contributed by atoms with Crippen molar-refractivity contribution in [3.05, 3.63) is 0 Å². The van der Waals surface area contributed by atoms with E-state index in [0.29, 0.717) is 5.41 Å². The quantitative estimate of drug-likeness (QED) is 0.792. The Bertz CT molecular complexity index is 220. The van der Waals surface area contributed by atoms with Gasteiger partial charge in [0.25, 0.3) is 0 Å². The van der Waals surface area contributed by atoms with Crippen molar-refractivity contribution in [3.8, 4) is 0 Å². The molecule has 2 unspecified atom stereocenters. The zero-order valence-corrected chi connectivity index (χ0v) is 11.5. The third kappa shape index (κ3) is 3.67. The topological polar surface area (TPSA) is 24.5 Å². The van der Waals surface area contributed by atoms with Crippen LogP contribution in [-0.2, 0) is 4.74 Å². The smallest absolute Gasteiger partial charge is 0.0506 e. The van der Waals surface area contributed by atoms with Crippen LogP contribution in [0.2, 0.25) is 0 Å². The first-order chi connectivity index (χ1) is 8.24. The predicted molar refractivity (Wildman–Crippen MR) is 71.3 cm³/mol. The molecule has 0 saturated carbocycles. The summed E-state index contributed by atoms with van der Waals surface area (Å²) in [5, 5.41) is 3.52. The van der Waals surface area contributed by atoms with Crippen molar-refractivity contribution in [2.75, 3.05) is 46.4 Å². The van der Waals surface area contributed by atoms with E-state index in [1.54, 1.807) is 0 Å². The number of hydrogen-bond acceptors (Lipinski definition) is 3. The summed E-state index contributed by atoms with van der Waals surface area (Å²) in [5.41, 5.74) is 0.532. The Morgan fingerprint density at radius 3 is 2.94 bits per heavy atom. The molecule has 3 heteroatoms. The first-order valence-corrected chi connectivity index (χ1v) is 7.21. The van der Waals surface area contributed by atoms with Crippen molar-refractivity contribution in [2.24, 2.45) is 11.3 Å². The van der Waals surface area contributed by atoms with Gasteiger partial charge in [-0.15, -0.1) is 0 Å². The van der Waals surface area contributed by atoms with Crippen molar-refractivity contribution in [3.63, 3.8) is 0 Å². The molecular weight excluding hydrogens is 212 g/mol. The summed E-state index contributed by atoms with van der Waals surface area (Å²) < 4.78 is 5.57. The van der Waals surface area contributed by atoms with E-state index in [0.717, 1.165) is 19.1 Å². The molecule has 0 aromatic heterocycles. The summed E-state index contributed by atoms with van der Waals surface area (Å²) >= 11 is 0. The molecule has 2 saturated heterocycles. The monoisotopic (exact) mass is 240 g/mol. The average molecular weight is 240 g/mol. The van der Waals surface area contributed by atoms with Crippen LogP contribution in [0.25, 0.3) is 0 Å². The highest BCUT2D eigenvalue weighted by molar-refractivity contribution is 4.89. The minimum atomic E-state index is 0.532. The molecule has 0 amide bonds. The van der Waals surface area contributed by atoms with Crippen molar-refractivity contribution in [1.82, 2.24) is 10.2 Å². The molecule has 2 atom stereocenters. The van der Waals surface area contributed by atoms with Crippen LogP contribution >= 0.6 is 0 Å². The second-order valence-corrected chi connectivity index (χ2v) is 6.06. The van der Waals surface area contributed by atoms with Gasteiger partial charge in [0.1, 0.15) is 0 Å². The molecular formula is C14H28N2O. The molecule has 0 spiro atoms. The standard InChI is InChI=1S/C14H28N2O/c1-3-14(6-7-15-11-14)12-16(2)9-13-5-4-8-17-10-13/h13,15H,3-12H2,1-2H3. The van der Waals surface area contributed by atoms with Crippen LogP contribution in [0, 0.1) is 11.3 Å². The third-order valence-electron chi connectivity index (χ3n) is 4.51. The predicted octanol–water partition coefficient (Wildman–Crippen LogP) is 1.73. The highest BCUT2D eigenvalue weighted by Crippen LogP contribution is 2.30. The van der Waals surface area contributed by atoms with Crippen LogP contribution < -0.4 is 5.32 Å². The summed E-state index contributed by atoms with van der Waals surface area (Å²) in [6.45, 7) is 9.15. The Labute approximate surface area is 106 Å². The van der Waals surface area contributed by atoms with E-state index < -0.39 is 0 Å². The summed E-state index contributed by atoms with van der Waals surface area (Å²) in [7, 11) is 2.28. The van der Waals surface area contributed by atoms with Crippen LogP contribution in [0.15, 0.2) is 0 Å². The van der Waals surface area contributed by atoms with Gasteiger partial charge in [-0.25, -0.2) is 0 Å². The van der Waals surface area contributed by atoms with E-state index in [1.165, 1.54) is 51.9 Å². The lowest BCUT2D eigenvalue weighted by molar-refractivity contribution is 0.0361. The second-order valence-electron chi connectivity index (χ2n) is 6.06. The molecule has 1 N–H and O–H groups in total. The summed E-state index contributed by atoms with van der Waals surface area (Å²) in [5.74, 6) is 0.761. The number of hydrogen-bond donors (Lipinski definition) is 1. The Hall–Kier alpha value is -0.120. The maximum Gasteiger partial charge on any atom is 0.0506 e. The van der Waals surface area contributed by atoms with E-state index in [-0.39, 0.29) is 0 Å². The molecule has 100 valence electrons. The van der Waals surface area contributed by atoms with Gasteiger partial charge < -0.3 is 15.0 Å². The Kier molecular flexibility index (Phi) is 4.83. The lowest BCUT2D eigenvalue weighted by Gasteiger charge is -2.34. The fourth-order valence-electron chi connectivity index (χ4n) is 3.37. The van der Waals surface area contributed by atoms with Crippen molar-refractivity contribution in [1.29, 1.82) is 0 Å². The minimum Gasteiger partial charge on any atom is -0.381 e. The van der Waals surface area contributed by atoms with Crippen LogP contribution in [-0.4, -0.2) is 51.3 Å². The number of ether oxygens (including phenoxy) is 1. The van der Waals surface area contributed by atoms with E-state index in [1.807, 2.05) is 0 Å². The zero-order valence-electron chi connectivity index (χ0n) is 11.5. The van der Waals surface area contributed by atoms with Gasteiger partial charge in [0.05, 0.1) is 6.61 Å². The van der Waals surface area contributed by atoms with Crippen LogP contribution in [0.4, 0.5) is 0 Å². The molecule has 0 aromatic rings. The molecule has 0 aromatic carbocycles. The second kappa shape index (κ2) is 6.17. The fourth-order valence-corrected chi connectivity index (χ4v) is 3.37. The number of rotatable bonds is 5. The first-order valence-electron chi connectivity index (χ1n) is 7.21. The van der Waals surface area contributed by atoms with E-state index in [9.17, 15) is 0 Å². The molecule has 2 aliphatic rings. The molecule has 2 heterocycles. The molecule has 0 radical (unpaired) electrons. The minimum absolute atomic E-state index is 0.532. The summed E-state index contributed by atoms with van der Waals surface area (Å²) in [4.78, 5) is 2.54.